The van der Waals surface area contributed by atoms with Gasteiger partial charge in [-0.25, -0.2) is 0 Å². The third kappa shape index (κ3) is 5.66. The molecule has 2 rings (SSSR count). The summed E-state index contributed by atoms with van der Waals surface area (Å²) >= 11 is 11.8. The fraction of sp³-hybridized carbons (Fsp3) is 0.235. The number of ether oxygens (including phenoxy) is 1. The number of anilines is 2. The second-order valence-corrected chi connectivity index (χ2v) is 6.13. The molecule has 0 saturated heterocycles. The van der Waals surface area contributed by atoms with Gasteiger partial charge in [0.25, 0.3) is 5.91 Å². The number of carbonyl (C=O) groups is 1. The minimum atomic E-state index is -0.263. The molecule has 0 aliphatic carbocycles. The van der Waals surface area contributed by atoms with Crippen LogP contribution in [0.1, 0.15) is 13.8 Å². The first-order chi connectivity index (χ1) is 10.9. The molecule has 0 bridgehead atoms. The van der Waals surface area contributed by atoms with Gasteiger partial charge < -0.3 is 15.4 Å². The molecule has 0 fully saturated rings. The summed E-state index contributed by atoms with van der Waals surface area (Å²) in [5.41, 5.74) is 1.71. The number of carbonyl (C=O) groups excluding carboxylic acids is 1. The van der Waals surface area contributed by atoms with Crippen LogP contribution in [-0.2, 0) is 4.79 Å². The zero-order valence-corrected chi connectivity index (χ0v) is 14.4. The third-order valence-corrected chi connectivity index (χ3v) is 3.41. The summed E-state index contributed by atoms with van der Waals surface area (Å²) in [5.74, 6) is 0.156. The largest absolute Gasteiger partial charge is 0.482 e. The Morgan fingerprint density at radius 2 is 1.74 bits per heavy atom. The van der Waals surface area contributed by atoms with E-state index in [0.717, 1.165) is 5.69 Å². The molecule has 4 nitrogen and oxygen atoms in total. The van der Waals surface area contributed by atoms with Crippen LogP contribution in [0.5, 0.6) is 5.75 Å². The van der Waals surface area contributed by atoms with Crippen molar-refractivity contribution in [3.63, 3.8) is 0 Å². The second kappa shape index (κ2) is 8.09. The standard InChI is InChI=1S/C17H18Cl2N2O2/c1-11(2)20-13-4-6-14(7-5-13)21-17(22)10-23-16-8-3-12(18)9-15(16)19/h3-9,11,20H,10H2,1-2H3,(H,21,22). The predicted octanol–water partition coefficient (Wildman–Crippen LogP) is 4.83. The molecule has 6 heteroatoms. The van der Waals surface area contributed by atoms with Crippen molar-refractivity contribution >= 4 is 40.5 Å². The molecule has 0 spiro atoms. The van der Waals surface area contributed by atoms with Crippen molar-refractivity contribution in [3.05, 3.63) is 52.5 Å². The fourth-order valence-corrected chi connectivity index (χ4v) is 2.38. The number of nitrogens with one attached hydrogen (secondary N) is 2. The number of benzene rings is 2. The Hall–Kier alpha value is -1.91. The maximum atomic E-state index is 11.9. The van der Waals surface area contributed by atoms with Crippen molar-refractivity contribution in [2.24, 2.45) is 0 Å². The van der Waals surface area contributed by atoms with Crippen LogP contribution in [0, 0.1) is 0 Å². The Morgan fingerprint density at radius 1 is 1.09 bits per heavy atom. The maximum absolute atomic E-state index is 11.9. The lowest BCUT2D eigenvalue weighted by Crippen LogP contribution is -2.20. The fourth-order valence-electron chi connectivity index (χ4n) is 1.92. The van der Waals surface area contributed by atoms with Gasteiger partial charge in [-0.3, -0.25) is 4.79 Å². The Labute approximate surface area is 145 Å². The first-order valence-electron chi connectivity index (χ1n) is 7.18. The van der Waals surface area contributed by atoms with E-state index in [0.29, 0.717) is 27.5 Å². The molecule has 0 saturated carbocycles. The van der Waals surface area contributed by atoms with E-state index in [1.165, 1.54) is 0 Å². The lowest BCUT2D eigenvalue weighted by Gasteiger charge is -2.11. The van der Waals surface area contributed by atoms with E-state index in [1.807, 2.05) is 24.3 Å². The molecular formula is C17H18Cl2N2O2. The SMILES string of the molecule is CC(C)Nc1ccc(NC(=O)COc2ccc(Cl)cc2Cl)cc1. The van der Waals surface area contributed by atoms with E-state index in [4.69, 9.17) is 27.9 Å². The molecule has 2 aromatic carbocycles. The summed E-state index contributed by atoms with van der Waals surface area (Å²) in [5, 5.41) is 6.93. The van der Waals surface area contributed by atoms with Gasteiger partial charge in [-0.15, -0.1) is 0 Å². The zero-order valence-electron chi connectivity index (χ0n) is 12.9. The number of amides is 1. The molecule has 0 heterocycles. The Balaban J connectivity index is 1.87. The van der Waals surface area contributed by atoms with Crippen molar-refractivity contribution < 1.29 is 9.53 Å². The normalized spacial score (nSPS) is 10.5. The Morgan fingerprint density at radius 3 is 2.35 bits per heavy atom. The number of halogens is 2. The molecule has 2 N–H and O–H groups in total. The molecule has 2 aromatic rings. The summed E-state index contributed by atoms with van der Waals surface area (Å²) in [4.78, 5) is 11.9. The summed E-state index contributed by atoms with van der Waals surface area (Å²) < 4.78 is 5.39. The molecule has 122 valence electrons. The van der Waals surface area contributed by atoms with E-state index in [-0.39, 0.29) is 12.5 Å². The minimum absolute atomic E-state index is 0.132. The van der Waals surface area contributed by atoms with Crippen LogP contribution in [0.25, 0.3) is 0 Å². The summed E-state index contributed by atoms with van der Waals surface area (Å²) in [6, 6.07) is 12.7. The number of rotatable bonds is 6. The topological polar surface area (TPSA) is 50.4 Å². The van der Waals surface area contributed by atoms with Gasteiger partial charge in [0.05, 0.1) is 5.02 Å². The lowest BCUT2D eigenvalue weighted by molar-refractivity contribution is -0.118. The van der Waals surface area contributed by atoms with Gasteiger partial charge in [-0.1, -0.05) is 23.2 Å². The van der Waals surface area contributed by atoms with Crippen LogP contribution in [-0.4, -0.2) is 18.6 Å². The van der Waals surface area contributed by atoms with Gasteiger partial charge in [-0.05, 0) is 56.3 Å². The van der Waals surface area contributed by atoms with Crippen molar-refractivity contribution in [1.82, 2.24) is 0 Å². The second-order valence-electron chi connectivity index (χ2n) is 5.29. The third-order valence-electron chi connectivity index (χ3n) is 2.88. The number of hydrogen-bond acceptors (Lipinski definition) is 3. The number of hydrogen-bond donors (Lipinski definition) is 2. The van der Waals surface area contributed by atoms with Crippen LogP contribution in [0.15, 0.2) is 42.5 Å². The van der Waals surface area contributed by atoms with E-state index in [2.05, 4.69) is 24.5 Å². The summed E-state index contributed by atoms with van der Waals surface area (Å²) in [6.45, 7) is 4.00. The summed E-state index contributed by atoms with van der Waals surface area (Å²) in [7, 11) is 0. The molecule has 0 aromatic heterocycles. The quantitative estimate of drug-likeness (QED) is 0.782. The summed E-state index contributed by atoms with van der Waals surface area (Å²) in [6.07, 6.45) is 0. The van der Waals surface area contributed by atoms with E-state index in [9.17, 15) is 4.79 Å². The van der Waals surface area contributed by atoms with E-state index < -0.39 is 0 Å². The van der Waals surface area contributed by atoms with E-state index in [1.54, 1.807) is 18.2 Å². The molecular weight excluding hydrogens is 335 g/mol. The maximum Gasteiger partial charge on any atom is 0.262 e. The minimum Gasteiger partial charge on any atom is -0.482 e. The molecule has 0 atom stereocenters. The average molecular weight is 353 g/mol. The molecule has 0 radical (unpaired) electrons. The van der Waals surface area contributed by atoms with Gasteiger partial charge in [-0.2, -0.15) is 0 Å². The highest BCUT2D eigenvalue weighted by Gasteiger charge is 2.07. The first kappa shape index (κ1) is 17.4. The average Bonchev–Trinajstić information content (AvgIpc) is 2.48. The van der Waals surface area contributed by atoms with Crippen LogP contribution >= 0.6 is 23.2 Å². The van der Waals surface area contributed by atoms with E-state index >= 15 is 0 Å². The molecule has 0 unspecified atom stereocenters. The van der Waals surface area contributed by atoms with Crippen LogP contribution < -0.4 is 15.4 Å². The van der Waals surface area contributed by atoms with Crippen molar-refractivity contribution in [3.8, 4) is 5.75 Å². The van der Waals surface area contributed by atoms with Gasteiger partial charge in [0, 0.05) is 22.4 Å². The van der Waals surface area contributed by atoms with Crippen molar-refractivity contribution in [2.45, 2.75) is 19.9 Å². The Bertz CT molecular complexity index is 673. The van der Waals surface area contributed by atoms with Crippen LogP contribution in [0.3, 0.4) is 0 Å². The predicted molar refractivity (Wildman–Crippen MR) is 95.8 cm³/mol. The van der Waals surface area contributed by atoms with Gasteiger partial charge >= 0.3 is 0 Å². The highest BCUT2D eigenvalue weighted by molar-refractivity contribution is 6.35. The highest BCUT2D eigenvalue weighted by Crippen LogP contribution is 2.27. The van der Waals surface area contributed by atoms with Gasteiger partial charge in [0.2, 0.25) is 0 Å². The zero-order chi connectivity index (χ0) is 16.8. The molecule has 0 aliphatic heterocycles. The lowest BCUT2D eigenvalue weighted by atomic mass is 10.2. The first-order valence-corrected chi connectivity index (χ1v) is 7.94. The van der Waals surface area contributed by atoms with Crippen LogP contribution in [0.2, 0.25) is 10.0 Å². The van der Waals surface area contributed by atoms with Crippen LogP contribution in [0.4, 0.5) is 11.4 Å². The molecule has 23 heavy (non-hydrogen) atoms. The molecule has 1 amide bonds. The van der Waals surface area contributed by atoms with Gasteiger partial charge in [0.15, 0.2) is 6.61 Å². The monoisotopic (exact) mass is 352 g/mol. The smallest absolute Gasteiger partial charge is 0.262 e. The Kier molecular flexibility index (Phi) is 6.13. The van der Waals surface area contributed by atoms with Crippen molar-refractivity contribution in [2.75, 3.05) is 17.2 Å². The molecule has 0 aliphatic rings. The van der Waals surface area contributed by atoms with Gasteiger partial charge in [0.1, 0.15) is 5.75 Å². The highest BCUT2D eigenvalue weighted by atomic mass is 35.5. The van der Waals surface area contributed by atoms with Crippen molar-refractivity contribution in [1.29, 1.82) is 0 Å².